The summed E-state index contributed by atoms with van der Waals surface area (Å²) in [6.45, 7) is 0. The van der Waals surface area contributed by atoms with Gasteiger partial charge in [-0.05, 0) is 22.9 Å². The summed E-state index contributed by atoms with van der Waals surface area (Å²) >= 11 is 1.90. The predicted octanol–water partition coefficient (Wildman–Crippen LogP) is 8.51. The van der Waals surface area contributed by atoms with Gasteiger partial charge in [0.05, 0.1) is 5.52 Å². The molecule has 7 rings (SSSR count). The fourth-order valence-corrected chi connectivity index (χ4v) is 6.12. The molecule has 2 aromatic heterocycles. The molecule has 2 heteroatoms. The third-order valence-corrected chi connectivity index (χ3v) is 7.42. The van der Waals surface area contributed by atoms with Crippen LogP contribution in [0.2, 0.25) is 0 Å². The molecule has 0 saturated heterocycles. The van der Waals surface area contributed by atoms with Gasteiger partial charge in [-0.3, -0.25) is 0 Å². The molecule has 0 unspecified atom stereocenters. The maximum atomic E-state index is 3.68. The lowest BCUT2D eigenvalue weighted by molar-refractivity contribution is 1.54. The molecule has 0 bridgehead atoms. The van der Waals surface area contributed by atoms with Crippen LogP contribution >= 0.6 is 11.3 Å². The van der Waals surface area contributed by atoms with E-state index in [1.807, 2.05) is 11.3 Å². The third-order valence-electron chi connectivity index (χ3n) is 6.22. The Bertz CT molecular complexity index is 1750. The maximum Gasteiger partial charge on any atom is 0.0545 e. The topological polar surface area (TPSA) is 15.8 Å². The fraction of sp³-hybridized carbons (Fsp3) is 0. The van der Waals surface area contributed by atoms with Gasteiger partial charge < -0.3 is 4.98 Å². The Balaban J connectivity index is 1.62. The van der Waals surface area contributed by atoms with Crippen molar-refractivity contribution >= 4 is 64.1 Å². The molecular formula is C28H17NS. The van der Waals surface area contributed by atoms with Crippen molar-refractivity contribution < 1.29 is 0 Å². The van der Waals surface area contributed by atoms with E-state index in [4.69, 9.17) is 0 Å². The van der Waals surface area contributed by atoms with Crippen LogP contribution in [-0.2, 0) is 0 Å². The second kappa shape index (κ2) is 5.94. The van der Waals surface area contributed by atoms with Gasteiger partial charge in [-0.1, -0.05) is 84.9 Å². The fourth-order valence-electron chi connectivity index (χ4n) is 4.88. The predicted molar refractivity (Wildman–Crippen MR) is 132 cm³/mol. The molecule has 0 aliphatic carbocycles. The van der Waals surface area contributed by atoms with E-state index in [9.17, 15) is 0 Å². The summed E-state index contributed by atoms with van der Waals surface area (Å²) in [6.07, 6.45) is 0. The summed E-state index contributed by atoms with van der Waals surface area (Å²) in [5.74, 6) is 0. The molecule has 0 saturated carbocycles. The number of rotatable bonds is 1. The van der Waals surface area contributed by atoms with Crippen molar-refractivity contribution in [2.45, 2.75) is 0 Å². The average Bonchev–Trinajstić information content (AvgIpc) is 3.37. The molecule has 2 heterocycles. The van der Waals surface area contributed by atoms with Gasteiger partial charge >= 0.3 is 0 Å². The lowest BCUT2D eigenvalue weighted by Crippen LogP contribution is -1.81. The second-order valence-corrected chi connectivity index (χ2v) is 8.90. The summed E-state index contributed by atoms with van der Waals surface area (Å²) in [6, 6.07) is 35.2. The van der Waals surface area contributed by atoms with Crippen molar-refractivity contribution in [1.82, 2.24) is 4.98 Å². The Morgan fingerprint density at radius 1 is 0.533 bits per heavy atom. The summed E-state index contributed by atoms with van der Waals surface area (Å²) in [5.41, 5.74) is 4.98. The quantitative estimate of drug-likeness (QED) is 0.285. The van der Waals surface area contributed by atoms with Crippen molar-refractivity contribution in [3.05, 3.63) is 97.1 Å². The number of aromatic amines is 1. The Morgan fingerprint density at radius 3 is 2.20 bits per heavy atom. The molecule has 1 N–H and O–H groups in total. The normalized spacial score (nSPS) is 12.0. The zero-order chi connectivity index (χ0) is 19.7. The van der Waals surface area contributed by atoms with Crippen LogP contribution in [0.3, 0.4) is 0 Å². The molecule has 7 aromatic rings. The Kier molecular flexibility index (Phi) is 3.21. The van der Waals surface area contributed by atoms with Crippen molar-refractivity contribution in [2.75, 3.05) is 0 Å². The van der Waals surface area contributed by atoms with Gasteiger partial charge in [0.15, 0.2) is 0 Å². The number of benzene rings is 5. The molecule has 0 radical (unpaired) electrons. The lowest BCUT2D eigenvalue weighted by Gasteiger charge is -2.06. The number of nitrogens with one attached hydrogen (secondary N) is 1. The summed E-state index contributed by atoms with van der Waals surface area (Å²) in [4.78, 5) is 3.68. The Hall–Kier alpha value is -3.62. The summed E-state index contributed by atoms with van der Waals surface area (Å²) in [5, 5.41) is 7.92. The van der Waals surface area contributed by atoms with Gasteiger partial charge in [0.2, 0.25) is 0 Å². The smallest absolute Gasteiger partial charge is 0.0545 e. The molecule has 5 aromatic carbocycles. The van der Waals surface area contributed by atoms with Crippen LogP contribution in [0.5, 0.6) is 0 Å². The molecule has 0 spiro atoms. The van der Waals surface area contributed by atoms with E-state index in [2.05, 4.69) is 102 Å². The minimum atomic E-state index is 1.19. The first-order valence-corrected chi connectivity index (χ1v) is 11.0. The first-order chi connectivity index (χ1) is 14.9. The van der Waals surface area contributed by atoms with Gasteiger partial charge in [0.25, 0.3) is 0 Å². The van der Waals surface area contributed by atoms with Crippen LogP contribution in [0.15, 0.2) is 97.1 Å². The van der Waals surface area contributed by atoms with Crippen molar-refractivity contribution in [1.29, 1.82) is 0 Å². The molecule has 0 aliphatic rings. The first kappa shape index (κ1) is 16.2. The second-order valence-electron chi connectivity index (χ2n) is 7.84. The van der Waals surface area contributed by atoms with Gasteiger partial charge in [-0.25, -0.2) is 0 Å². The minimum Gasteiger partial charge on any atom is -0.354 e. The number of hydrogen-bond donors (Lipinski definition) is 1. The molecule has 0 aliphatic heterocycles. The molecule has 0 fully saturated rings. The summed E-state index contributed by atoms with van der Waals surface area (Å²) in [7, 11) is 0. The van der Waals surface area contributed by atoms with Gasteiger partial charge in [-0.2, -0.15) is 0 Å². The highest BCUT2D eigenvalue weighted by Crippen LogP contribution is 2.44. The minimum absolute atomic E-state index is 1.19. The van der Waals surface area contributed by atoms with E-state index in [1.165, 1.54) is 63.9 Å². The third kappa shape index (κ3) is 2.11. The average molecular weight is 400 g/mol. The van der Waals surface area contributed by atoms with E-state index < -0.39 is 0 Å². The van der Waals surface area contributed by atoms with E-state index in [-0.39, 0.29) is 0 Å². The molecule has 0 atom stereocenters. The van der Waals surface area contributed by atoms with Gasteiger partial charge in [0.1, 0.15) is 0 Å². The standard InChI is InChI=1S/C28H17NS/c1-2-8-18-17(7-1)15-16-25-26(18)23-13-6-12-22(28(23)30-25)21-11-5-10-20-19-9-3-4-14-24(19)29-27(20)21/h1-16,29H. The molecular weight excluding hydrogens is 382 g/mol. The number of aromatic nitrogens is 1. The van der Waals surface area contributed by atoms with E-state index in [1.54, 1.807) is 0 Å². The largest absolute Gasteiger partial charge is 0.354 e. The summed E-state index contributed by atoms with van der Waals surface area (Å²) < 4.78 is 2.70. The molecule has 0 amide bonds. The SMILES string of the molecule is c1ccc2c(c1)ccc1sc3c(-c4cccc5c4[nH]c4ccccc45)cccc3c12. The van der Waals surface area contributed by atoms with Gasteiger partial charge in [0, 0.05) is 47.6 Å². The Labute approximate surface area is 177 Å². The maximum absolute atomic E-state index is 3.68. The molecule has 30 heavy (non-hydrogen) atoms. The van der Waals surface area contributed by atoms with Crippen LogP contribution in [0.25, 0.3) is 63.9 Å². The van der Waals surface area contributed by atoms with Gasteiger partial charge in [-0.15, -0.1) is 11.3 Å². The van der Waals surface area contributed by atoms with Crippen molar-refractivity contribution in [3.63, 3.8) is 0 Å². The number of hydrogen-bond acceptors (Lipinski definition) is 1. The number of thiophene rings is 1. The monoisotopic (exact) mass is 399 g/mol. The van der Waals surface area contributed by atoms with Crippen molar-refractivity contribution in [3.8, 4) is 11.1 Å². The first-order valence-electron chi connectivity index (χ1n) is 10.2. The highest BCUT2D eigenvalue weighted by atomic mass is 32.1. The number of H-pyrrole nitrogens is 1. The number of fused-ring (bicyclic) bond motifs is 8. The van der Waals surface area contributed by atoms with E-state index in [0.29, 0.717) is 0 Å². The highest BCUT2D eigenvalue weighted by molar-refractivity contribution is 7.26. The lowest BCUT2D eigenvalue weighted by atomic mass is 9.98. The Morgan fingerprint density at radius 2 is 1.27 bits per heavy atom. The van der Waals surface area contributed by atoms with Crippen LogP contribution in [-0.4, -0.2) is 4.98 Å². The van der Waals surface area contributed by atoms with E-state index >= 15 is 0 Å². The zero-order valence-electron chi connectivity index (χ0n) is 16.1. The molecule has 1 nitrogen and oxygen atoms in total. The van der Waals surface area contributed by atoms with Crippen LogP contribution in [0.1, 0.15) is 0 Å². The van der Waals surface area contributed by atoms with E-state index in [0.717, 1.165) is 0 Å². The highest BCUT2D eigenvalue weighted by Gasteiger charge is 2.15. The van der Waals surface area contributed by atoms with Crippen molar-refractivity contribution in [2.24, 2.45) is 0 Å². The number of para-hydroxylation sites is 2. The molecule has 140 valence electrons. The van der Waals surface area contributed by atoms with Crippen LogP contribution in [0.4, 0.5) is 0 Å². The van der Waals surface area contributed by atoms with Crippen LogP contribution in [0, 0.1) is 0 Å². The zero-order valence-corrected chi connectivity index (χ0v) is 17.0. The van der Waals surface area contributed by atoms with Crippen LogP contribution < -0.4 is 0 Å².